The first-order valence-electron chi connectivity index (χ1n) is 10.5. The van der Waals surface area contributed by atoms with Crippen LogP contribution in [0.25, 0.3) is 22.3 Å². The molecule has 3 aromatic rings. The molecule has 6 nitrogen and oxygen atoms in total. The summed E-state index contributed by atoms with van der Waals surface area (Å²) in [5.74, 6) is 0.122. The third-order valence-electron chi connectivity index (χ3n) is 5.97. The molecule has 31 heavy (non-hydrogen) atoms. The van der Waals surface area contributed by atoms with E-state index in [0.717, 1.165) is 52.5 Å². The standard InChI is InChI=1S/C24H28N2O4S/c1-15-8-10-19(11-9-15)20-16(2)14-17(3)21(18(20)4)22-23(27)25-12-6-7-13-26(25)24(22)30-31(5,28)29/h8-11,14H,6-7,12-13H2,1-5H3. The molecule has 0 saturated carbocycles. The minimum absolute atomic E-state index is 0.122. The Labute approximate surface area is 183 Å². The van der Waals surface area contributed by atoms with E-state index in [1.807, 2.05) is 20.8 Å². The fourth-order valence-electron chi connectivity index (χ4n) is 4.71. The molecular formula is C24H28N2O4S. The van der Waals surface area contributed by atoms with Gasteiger partial charge in [-0.1, -0.05) is 35.9 Å². The van der Waals surface area contributed by atoms with Crippen LogP contribution in [0.3, 0.4) is 0 Å². The molecule has 0 bridgehead atoms. The van der Waals surface area contributed by atoms with Gasteiger partial charge in [0.1, 0.15) is 5.56 Å². The predicted molar refractivity (Wildman–Crippen MR) is 123 cm³/mol. The largest absolute Gasteiger partial charge is 0.361 e. The predicted octanol–water partition coefficient (Wildman–Crippen LogP) is 4.35. The van der Waals surface area contributed by atoms with Crippen molar-refractivity contribution < 1.29 is 12.6 Å². The quantitative estimate of drug-likeness (QED) is 0.566. The average Bonchev–Trinajstić information content (AvgIpc) is 2.94. The van der Waals surface area contributed by atoms with E-state index < -0.39 is 10.1 Å². The van der Waals surface area contributed by atoms with E-state index in [1.54, 1.807) is 9.36 Å². The maximum Gasteiger partial charge on any atom is 0.307 e. The first kappa shape index (κ1) is 21.4. The Bertz CT molecular complexity index is 1330. The van der Waals surface area contributed by atoms with E-state index in [1.165, 1.54) is 5.56 Å². The Morgan fingerprint density at radius 3 is 2.03 bits per heavy atom. The van der Waals surface area contributed by atoms with Crippen molar-refractivity contribution in [3.8, 4) is 28.1 Å². The lowest BCUT2D eigenvalue weighted by molar-refractivity contribution is 0.326. The van der Waals surface area contributed by atoms with Gasteiger partial charge in [0.05, 0.1) is 6.26 Å². The second-order valence-electron chi connectivity index (χ2n) is 8.48. The summed E-state index contributed by atoms with van der Waals surface area (Å²) in [4.78, 5) is 13.5. The Morgan fingerprint density at radius 2 is 1.42 bits per heavy atom. The molecule has 1 aliphatic heterocycles. The van der Waals surface area contributed by atoms with Crippen LogP contribution in [0.1, 0.15) is 35.1 Å². The second kappa shape index (κ2) is 7.71. The van der Waals surface area contributed by atoms with Crippen molar-refractivity contribution >= 4 is 10.1 Å². The molecule has 0 spiro atoms. The molecule has 1 aromatic heterocycles. The highest BCUT2D eigenvalue weighted by Gasteiger charge is 2.29. The van der Waals surface area contributed by atoms with Crippen LogP contribution in [-0.4, -0.2) is 24.0 Å². The van der Waals surface area contributed by atoms with Gasteiger partial charge in [0.25, 0.3) is 5.56 Å². The van der Waals surface area contributed by atoms with Crippen molar-refractivity contribution in [3.63, 3.8) is 0 Å². The highest BCUT2D eigenvalue weighted by atomic mass is 32.2. The van der Waals surface area contributed by atoms with Crippen LogP contribution in [0.5, 0.6) is 5.88 Å². The highest BCUT2D eigenvalue weighted by molar-refractivity contribution is 7.86. The van der Waals surface area contributed by atoms with E-state index in [-0.39, 0.29) is 11.4 Å². The third kappa shape index (κ3) is 3.82. The Balaban J connectivity index is 2.05. The van der Waals surface area contributed by atoms with Crippen LogP contribution < -0.4 is 9.74 Å². The van der Waals surface area contributed by atoms with E-state index >= 15 is 0 Å². The van der Waals surface area contributed by atoms with Gasteiger partial charge in [-0.2, -0.15) is 8.42 Å². The molecule has 0 radical (unpaired) electrons. The first-order chi connectivity index (χ1) is 14.6. The maximum atomic E-state index is 13.5. The number of fused-ring (bicyclic) bond motifs is 1. The van der Waals surface area contributed by atoms with Gasteiger partial charge in [-0.05, 0) is 73.9 Å². The second-order valence-corrected chi connectivity index (χ2v) is 10.1. The Morgan fingerprint density at radius 1 is 0.839 bits per heavy atom. The van der Waals surface area contributed by atoms with Crippen LogP contribution in [0, 0.1) is 27.7 Å². The lowest BCUT2D eigenvalue weighted by Crippen LogP contribution is -2.27. The zero-order chi connectivity index (χ0) is 22.5. The van der Waals surface area contributed by atoms with Gasteiger partial charge in [-0.3, -0.25) is 4.79 Å². The molecule has 0 aliphatic carbocycles. The number of nitrogens with zero attached hydrogens (tertiary/aromatic N) is 2. The molecule has 164 valence electrons. The molecule has 7 heteroatoms. The summed E-state index contributed by atoms with van der Waals surface area (Å²) in [6, 6.07) is 10.4. The Hall–Kier alpha value is -2.80. The highest BCUT2D eigenvalue weighted by Crippen LogP contribution is 2.40. The number of rotatable bonds is 4. The van der Waals surface area contributed by atoms with E-state index in [2.05, 4.69) is 37.3 Å². The van der Waals surface area contributed by atoms with Crippen molar-refractivity contribution in [2.24, 2.45) is 0 Å². The van der Waals surface area contributed by atoms with E-state index in [0.29, 0.717) is 18.7 Å². The summed E-state index contributed by atoms with van der Waals surface area (Å²) < 4.78 is 32.9. The fraction of sp³-hybridized carbons (Fsp3) is 0.375. The lowest BCUT2D eigenvalue weighted by Gasteiger charge is -2.19. The molecule has 0 N–H and O–H groups in total. The van der Waals surface area contributed by atoms with Crippen molar-refractivity contribution in [1.29, 1.82) is 0 Å². The summed E-state index contributed by atoms with van der Waals surface area (Å²) in [7, 11) is -3.80. The Kier molecular flexibility index (Phi) is 5.33. The monoisotopic (exact) mass is 440 g/mol. The van der Waals surface area contributed by atoms with Crippen LogP contribution in [0.4, 0.5) is 0 Å². The normalized spacial score (nSPS) is 13.8. The van der Waals surface area contributed by atoms with Crippen molar-refractivity contribution in [2.45, 2.75) is 53.6 Å². The zero-order valence-corrected chi connectivity index (χ0v) is 19.5. The van der Waals surface area contributed by atoms with Crippen LogP contribution in [0.15, 0.2) is 35.1 Å². The first-order valence-corrected chi connectivity index (χ1v) is 12.3. The molecule has 0 atom stereocenters. The minimum Gasteiger partial charge on any atom is -0.361 e. The summed E-state index contributed by atoms with van der Waals surface area (Å²) >= 11 is 0. The molecule has 0 fully saturated rings. The minimum atomic E-state index is -3.80. The molecule has 1 aliphatic rings. The smallest absolute Gasteiger partial charge is 0.307 e. The van der Waals surface area contributed by atoms with Crippen molar-refractivity contribution in [1.82, 2.24) is 9.36 Å². The number of aryl methyl sites for hydroxylation is 3. The van der Waals surface area contributed by atoms with Crippen LogP contribution >= 0.6 is 0 Å². The molecule has 0 saturated heterocycles. The van der Waals surface area contributed by atoms with Crippen molar-refractivity contribution in [3.05, 3.63) is 62.9 Å². The topological polar surface area (TPSA) is 70.3 Å². The van der Waals surface area contributed by atoms with Gasteiger partial charge in [-0.15, -0.1) is 0 Å². The van der Waals surface area contributed by atoms with Gasteiger partial charge in [-0.25, -0.2) is 9.36 Å². The van der Waals surface area contributed by atoms with Gasteiger partial charge in [0.15, 0.2) is 0 Å². The molecular weight excluding hydrogens is 412 g/mol. The summed E-state index contributed by atoms with van der Waals surface area (Å²) in [5.41, 5.74) is 7.14. The summed E-state index contributed by atoms with van der Waals surface area (Å²) in [5, 5.41) is 0. The van der Waals surface area contributed by atoms with E-state index in [4.69, 9.17) is 4.18 Å². The number of aromatic nitrogens is 2. The fourth-order valence-corrected chi connectivity index (χ4v) is 5.17. The number of hydrogen-bond acceptors (Lipinski definition) is 4. The average molecular weight is 441 g/mol. The zero-order valence-electron chi connectivity index (χ0n) is 18.7. The third-order valence-corrected chi connectivity index (χ3v) is 6.43. The molecule has 4 rings (SSSR count). The molecule has 2 heterocycles. The lowest BCUT2D eigenvalue weighted by atomic mass is 9.87. The molecule has 0 unspecified atom stereocenters. The van der Waals surface area contributed by atoms with Crippen LogP contribution in [0.2, 0.25) is 0 Å². The molecule has 2 aromatic carbocycles. The van der Waals surface area contributed by atoms with Gasteiger partial charge in [0.2, 0.25) is 5.88 Å². The molecule has 0 amide bonds. The maximum absolute atomic E-state index is 13.5. The van der Waals surface area contributed by atoms with Crippen LogP contribution in [-0.2, 0) is 23.2 Å². The summed E-state index contributed by atoms with van der Waals surface area (Å²) in [6.45, 7) is 9.16. The van der Waals surface area contributed by atoms with Gasteiger partial charge < -0.3 is 4.18 Å². The number of hydrogen-bond donors (Lipinski definition) is 0. The number of benzene rings is 2. The van der Waals surface area contributed by atoms with E-state index in [9.17, 15) is 13.2 Å². The van der Waals surface area contributed by atoms with Crippen molar-refractivity contribution in [2.75, 3.05) is 6.26 Å². The van der Waals surface area contributed by atoms with Gasteiger partial charge in [0, 0.05) is 13.1 Å². The SMILES string of the molecule is Cc1ccc(-c2c(C)cc(C)c(-c3c(OS(C)(=O)=O)n4n(c3=O)CCCC4)c2C)cc1. The summed E-state index contributed by atoms with van der Waals surface area (Å²) in [6.07, 6.45) is 2.76. The van der Waals surface area contributed by atoms with Gasteiger partial charge >= 0.3 is 10.1 Å².